The number of rotatable bonds is 3. The van der Waals surface area contributed by atoms with Gasteiger partial charge in [0.15, 0.2) is 0 Å². The van der Waals surface area contributed by atoms with Gasteiger partial charge >= 0.3 is 0 Å². The van der Waals surface area contributed by atoms with Crippen LogP contribution in [0.4, 0.5) is 10.1 Å². The molecule has 1 atom stereocenters. The summed E-state index contributed by atoms with van der Waals surface area (Å²) < 4.78 is 14.4. The fourth-order valence-electron chi connectivity index (χ4n) is 2.47. The van der Waals surface area contributed by atoms with Gasteiger partial charge in [0.05, 0.1) is 11.1 Å². The molecule has 19 heavy (non-hydrogen) atoms. The predicted octanol–water partition coefficient (Wildman–Crippen LogP) is 3.31. The SMILES string of the molecule is CCC1(C(=O)Nc2cc(Br)ccc2F)CCCNC1. The largest absolute Gasteiger partial charge is 0.323 e. The van der Waals surface area contributed by atoms with Gasteiger partial charge in [-0.05, 0) is 44.0 Å². The van der Waals surface area contributed by atoms with Crippen LogP contribution in [0, 0.1) is 11.2 Å². The molecule has 1 saturated heterocycles. The van der Waals surface area contributed by atoms with Gasteiger partial charge in [0.2, 0.25) is 5.91 Å². The summed E-state index contributed by atoms with van der Waals surface area (Å²) in [5.41, 5.74) is -0.190. The van der Waals surface area contributed by atoms with Crippen molar-refractivity contribution in [2.45, 2.75) is 26.2 Å². The molecule has 0 aromatic heterocycles. The summed E-state index contributed by atoms with van der Waals surface area (Å²) >= 11 is 3.28. The number of benzene rings is 1. The van der Waals surface area contributed by atoms with Crippen LogP contribution in [0.25, 0.3) is 0 Å². The number of piperidine rings is 1. The Morgan fingerprint density at radius 2 is 2.37 bits per heavy atom. The van der Waals surface area contributed by atoms with E-state index in [4.69, 9.17) is 0 Å². The van der Waals surface area contributed by atoms with Gasteiger partial charge in [0, 0.05) is 11.0 Å². The second kappa shape index (κ2) is 6.01. The molecule has 0 bridgehead atoms. The third-order valence-electron chi connectivity index (χ3n) is 3.81. The first-order valence-electron chi connectivity index (χ1n) is 6.54. The molecule has 1 amide bonds. The number of hydrogen-bond acceptors (Lipinski definition) is 2. The number of halogens is 2. The summed E-state index contributed by atoms with van der Waals surface area (Å²) in [7, 11) is 0. The van der Waals surface area contributed by atoms with Crippen LogP contribution in [0.3, 0.4) is 0 Å². The van der Waals surface area contributed by atoms with Crippen molar-refractivity contribution in [2.24, 2.45) is 5.41 Å². The van der Waals surface area contributed by atoms with E-state index in [1.807, 2.05) is 6.92 Å². The van der Waals surface area contributed by atoms with Gasteiger partial charge in [-0.25, -0.2) is 4.39 Å². The standard InChI is InChI=1S/C14H18BrFN2O/c1-2-14(6-3-7-17-9-14)13(19)18-12-8-10(15)4-5-11(12)16/h4-5,8,17H,2-3,6-7,9H2,1H3,(H,18,19). The topological polar surface area (TPSA) is 41.1 Å². The van der Waals surface area contributed by atoms with Crippen molar-refractivity contribution in [1.82, 2.24) is 5.32 Å². The molecule has 0 spiro atoms. The van der Waals surface area contributed by atoms with E-state index < -0.39 is 11.2 Å². The van der Waals surface area contributed by atoms with Crippen LogP contribution in [0.2, 0.25) is 0 Å². The smallest absolute Gasteiger partial charge is 0.231 e. The molecule has 1 aromatic rings. The molecule has 104 valence electrons. The third kappa shape index (κ3) is 3.15. The summed E-state index contributed by atoms with van der Waals surface area (Å²) in [6.45, 7) is 3.61. The van der Waals surface area contributed by atoms with Crippen LogP contribution in [0.15, 0.2) is 22.7 Å². The second-order valence-electron chi connectivity index (χ2n) is 4.99. The predicted molar refractivity (Wildman–Crippen MR) is 77.6 cm³/mol. The first-order chi connectivity index (χ1) is 9.07. The number of anilines is 1. The number of hydrogen-bond donors (Lipinski definition) is 2. The average Bonchev–Trinajstić information content (AvgIpc) is 2.43. The van der Waals surface area contributed by atoms with E-state index in [1.165, 1.54) is 6.07 Å². The maximum Gasteiger partial charge on any atom is 0.231 e. The lowest BCUT2D eigenvalue weighted by Gasteiger charge is -2.35. The molecule has 3 nitrogen and oxygen atoms in total. The van der Waals surface area contributed by atoms with Crippen LogP contribution in [0.1, 0.15) is 26.2 Å². The van der Waals surface area contributed by atoms with Crippen LogP contribution >= 0.6 is 15.9 Å². The number of carbonyl (C=O) groups excluding carboxylic acids is 1. The molecule has 2 rings (SSSR count). The first kappa shape index (κ1) is 14.5. The van der Waals surface area contributed by atoms with E-state index in [1.54, 1.807) is 12.1 Å². The highest BCUT2D eigenvalue weighted by Crippen LogP contribution is 2.32. The van der Waals surface area contributed by atoms with Crippen molar-refractivity contribution in [3.8, 4) is 0 Å². The molecule has 1 heterocycles. The molecule has 1 fully saturated rings. The fraction of sp³-hybridized carbons (Fsp3) is 0.500. The highest BCUT2D eigenvalue weighted by Gasteiger charge is 2.38. The van der Waals surface area contributed by atoms with Crippen molar-refractivity contribution >= 4 is 27.5 Å². The lowest BCUT2D eigenvalue weighted by Crippen LogP contribution is -2.47. The number of nitrogens with one attached hydrogen (secondary N) is 2. The van der Waals surface area contributed by atoms with Crippen LogP contribution in [-0.4, -0.2) is 19.0 Å². The molecule has 5 heteroatoms. The monoisotopic (exact) mass is 328 g/mol. The van der Waals surface area contributed by atoms with Gasteiger partial charge in [-0.3, -0.25) is 4.79 Å². The maximum atomic E-state index is 13.7. The summed E-state index contributed by atoms with van der Waals surface area (Å²) in [5.74, 6) is -0.509. The zero-order chi connectivity index (χ0) is 13.9. The van der Waals surface area contributed by atoms with Crippen molar-refractivity contribution in [1.29, 1.82) is 0 Å². The summed E-state index contributed by atoms with van der Waals surface area (Å²) in [4.78, 5) is 12.5. The molecule has 1 aliphatic rings. The van der Waals surface area contributed by atoms with E-state index in [0.717, 1.165) is 30.3 Å². The molecule has 1 aromatic carbocycles. The highest BCUT2D eigenvalue weighted by atomic mass is 79.9. The van der Waals surface area contributed by atoms with E-state index in [0.29, 0.717) is 6.54 Å². The summed E-state index contributed by atoms with van der Waals surface area (Å²) in [6.07, 6.45) is 2.57. The molecule has 2 N–H and O–H groups in total. The van der Waals surface area contributed by atoms with Crippen molar-refractivity contribution in [2.75, 3.05) is 18.4 Å². The lowest BCUT2D eigenvalue weighted by atomic mass is 9.77. The zero-order valence-electron chi connectivity index (χ0n) is 10.9. The maximum absolute atomic E-state index is 13.7. The Morgan fingerprint density at radius 1 is 1.58 bits per heavy atom. The summed E-state index contributed by atoms with van der Waals surface area (Å²) in [5, 5.41) is 5.98. The Morgan fingerprint density at radius 3 is 3.00 bits per heavy atom. The zero-order valence-corrected chi connectivity index (χ0v) is 12.5. The van der Waals surface area contributed by atoms with E-state index >= 15 is 0 Å². The fourth-order valence-corrected chi connectivity index (χ4v) is 2.83. The molecular formula is C14H18BrFN2O. The first-order valence-corrected chi connectivity index (χ1v) is 7.34. The second-order valence-corrected chi connectivity index (χ2v) is 5.91. The van der Waals surface area contributed by atoms with E-state index in [-0.39, 0.29) is 11.6 Å². The van der Waals surface area contributed by atoms with Crippen molar-refractivity contribution in [3.05, 3.63) is 28.5 Å². The van der Waals surface area contributed by atoms with Crippen LogP contribution in [0.5, 0.6) is 0 Å². The Kier molecular flexibility index (Phi) is 4.58. The molecule has 0 aliphatic carbocycles. The molecular weight excluding hydrogens is 311 g/mol. The normalized spacial score (nSPS) is 23.1. The Bertz CT molecular complexity index is 473. The van der Waals surface area contributed by atoms with E-state index in [9.17, 15) is 9.18 Å². The molecule has 0 saturated carbocycles. The van der Waals surface area contributed by atoms with Gasteiger partial charge < -0.3 is 10.6 Å². The van der Waals surface area contributed by atoms with Crippen molar-refractivity contribution in [3.63, 3.8) is 0 Å². The number of amides is 1. The van der Waals surface area contributed by atoms with Gasteiger partial charge in [0.1, 0.15) is 5.82 Å². The van der Waals surface area contributed by atoms with Crippen LogP contribution < -0.4 is 10.6 Å². The molecule has 0 radical (unpaired) electrons. The third-order valence-corrected chi connectivity index (χ3v) is 4.30. The van der Waals surface area contributed by atoms with Gasteiger partial charge in [-0.2, -0.15) is 0 Å². The van der Waals surface area contributed by atoms with Gasteiger partial charge in [-0.15, -0.1) is 0 Å². The Labute approximate surface area is 121 Å². The Hall–Kier alpha value is -0.940. The van der Waals surface area contributed by atoms with E-state index in [2.05, 4.69) is 26.6 Å². The van der Waals surface area contributed by atoms with Crippen molar-refractivity contribution < 1.29 is 9.18 Å². The quantitative estimate of drug-likeness (QED) is 0.893. The Balaban J connectivity index is 2.17. The minimum absolute atomic E-state index is 0.0980. The average molecular weight is 329 g/mol. The minimum Gasteiger partial charge on any atom is -0.323 e. The highest BCUT2D eigenvalue weighted by molar-refractivity contribution is 9.10. The minimum atomic E-state index is -0.424. The summed E-state index contributed by atoms with van der Waals surface area (Å²) in [6, 6.07) is 4.55. The lowest BCUT2D eigenvalue weighted by molar-refractivity contribution is -0.126. The van der Waals surface area contributed by atoms with Crippen LogP contribution in [-0.2, 0) is 4.79 Å². The molecule has 1 aliphatic heterocycles. The molecule has 1 unspecified atom stereocenters. The van der Waals surface area contributed by atoms with Gasteiger partial charge in [0.25, 0.3) is 0 Å². The van der Waals surface area contributed by atoms with Gasteiger partial charge in [-0.1, -0.05) is 22.9 Å². The number of carbonyl (C=O) groups is 1.